The van der Waals surface area contributed by atoms with Gasteiger partial charge >= 0.3 is 6.09 Å². The van der Waals surface area contributed by atoms with Gasteiger partial charge in [-0.25, -0.2) is 9.18 Å². The third-order valence-electron chi connectivity index (χ3n) is 6.02. The van der Waals surface area contributed by atoms with Gasteiger partial charge in [-0.15, -0.1) is 0 Å². The van der Waals surface area contributed by atoms with Crippen LogP contribution < -0.4 is 0 Å². The highest BCUT2D eigenvalue weighted by Crippen LogP contribution is 2.39. The summed E-state index contributed by atoms with van der Waals surface area (Å²) < 4.78 is 18.0. The van der Waals surface area contributed by atoms with E-state index in [1.807, 2.05) is 17.0 Å². The monoisotopic (exact) mass is 375 g/mol. The predicted molar refractivity (Wildman–Crippen MR) is 97.5 cm³/mol. The molecular weight excluding hydrogens is 349 g/mol. The summed E-state index contributed by atoms with van der Waals surface area (Å²) in [6.45, 7) is 5.31. The Morgan fingerprint density at radius 2 is 1.93 bits per heavy atom. The topological polar surface area (TPSA) is 53.1 Å². The Hall–Kier alpha value is -2.15. The largest absolute Gasteiger partial charge is 0.448 e. The molecule has 3 aliphatic heterocycles. The van der Waals surface area contributed by atoms with Crippen LogP contribution in [-0.2, 0) is 16.1 Å². The van der Waals surface area contributed by atoms with Crippen LogP contribution in [0.3, 0.4) is 0 Å². The molecule has 3 aliphatic rings. The summed E-state index contributed by atoms with van der Waals surface area (Å²) in [5, 5.41) is 0. The van der Waals surface area contributed by atoms with Gasteiger partial charge in [0, 0.05) is 31.6 Å². The number of benzene rings is 1. The minimum Gasteiger partial charge on any atom is -0.448 e. The molecule has 0 unspecified atom stereocenters. The van der Waals surface area contributed by atoms with Gasteiger partial charge in [0.2, 0.25) is 5.91 Å². The van der Waals surface area contributed by atoms with E-state index in [9.17, 15) is 14.0 Å². The molecular formula is C20H26FN3O3. The summed E-state index contributed by atoms with van der Waals surface area (Å²) in [6.07, 6.45) is 2.85. The number of ether oxygens (including phenoxy) is 1. The van der Waals surface area contributed by atoms with E-state index in [0.717, 1.165) is 57.5 Å². The molecule has 4 rings (SSSR count). The molecule has 1 aromatic carbocycles. The Bertz CT molecular complexity index is 711. The Morgan fingerprint density at radius 1 is 1.11 bits per heavy atom. The van der Waals surface area contributed by atoms with E-state index < -0.39 is 0 Å². The van der Waals surface area contributed by atoms with E-state index in [-0.39, 0.29) is 29.8 Å². The molecule has 3 fully saturated rings. The lowest BCUT2D eigenvalue weighted by Gasteiger charge is -2.40. The lowest BCUT2D eigenvalue weighted by atomic mass is 9.79. The summed E-state index contributed by atoms with van der Waals surface area (Å²) in [7, 11) is 0. The van der Waals surface area contributed by atoms with Gasteiger partial charge in [-0.3, -0.25) is 14.6 Å². The number of nitrogens with zero attached hydrogens (tertiary/aromatic N) is 3. The number of cyclic esters (lactones) is 1. The maximum absolute atomic E-state index is 13.1. The van der Waals surface area contributed by atoms with E-state index in [1.165, 1.54) is 17.0 Å². The molecule has 1 atom stereocenters. The predicted octanol–water partition coefficient (Wildman–Crippen LogP) is 2.09. The van der Waals surface area contributed by atoms with Crippen LogP contribution in [0, 0.1) is 11.2 Å². The molecule has 0 aromatic heterocycles. The van der Waals surface area contributed by atoms with E-state index in [2.05, 4.69) is 4.90 Å². The third kappa shape index (κ3) is 4.08. The molecule has 1 spiro atoms. The molecule has 0 N–H and O–H groups in total. The molecule has 0 bridgehead atoms. The molecule has 3 heterocycles. The highest BCUT2D eigenvalue weighted by molar-refractivity contribution is 5.83. The molecule has 3 saturated heterocycles. The average Bonchev–Trinajstić information content (AvgIpc) is 3.24. The quantitative estimate of drug-likeness (QED) is 0.809. The molecule has 0 aliphatic carbocycles. The fourth-order valence-corrected chi connectivity index (χ4v) is 4.61. The molecule has 1 aromatic rings. The number of carbonyl (C=O) groups excluding carboxylic acids is 2. The molecule has 0 saturated carbocycles. The molecule has 7 heteroatoms. The first-order valence-corrected chi connectivity index (χ1v) is 9.69. The van der Waals surface area contributed by atoms with Crippen LogP contribution >= 0.6 is 0 Å². The van der Waals surface area contributed by atoms with Gasteiger partial charge in [0.05, 0.1) is 6.54 Å². The highest BCUT2D eigenvalue weighted by Gasteiger charge is 2.43. The first-order valence-electron chi connectivity index (χ1n) is 9.69. The van der Waals surface area contributed by atoms with Gasteiger partial charge in [0.15, 0.2) is 0 Å². The van der Waals surface area contributed by atoms with E-state index in [0.29, 0.717) is 13.2 Å². The second kappa shape index (κ2) is 7.46. The fraction of sp³-hybridized carbons (Fsp3) is 0.600. The van der Waals surface area contributed by atoms with Crippen molar-refractivity contribution in [2.45, 2.75) is 25.8 Å². The van der Waals surface area contributed by atoms with Crippen LogP contribution in [0.25, 0.3) is 0 Å². The van der Waals surface area contributed by atoms with Gasteiger partial charge in [0.1, 0.15) is 19.0 Å². The van der Waals surface area contributed by atoms with Gasteiger partial charge < -0.3 is 9.64 Å². The summed E-state index contributed by atoms with van der Waals surface area (Å²) in [5.41, 5.74) is 1.26. The average molecular weight is 375 g/mol. The van der Waals surface area contributed by atoms with Gasteiger partial charge in [-0.2, -0.15) is 0 Å². The number of rotatable bonds is 4. The van der Waals surface area contributed by atoms with Gasteiger partial charge in [-0.05, 0) is 43.5 Å². The normalized spacial score (nSPS) is 26.0. The van der Waals surface area contributed by atoms with Crippen molar-refractivity contribution in [3.8, 4) is 0 Å². The van der Waals surface area contributed by atoms with Crippen LogP contribution in [0.5, 0.6) is 0 Å². The Kier molecular flexibility index (Phi) is 5.04. The number of likely N-dealkylation sites (tertiary alicyclic amines) is 2. The smallest absolute Gasteiger partial charge is 0.410 e. The van der Waals surface area contributed by atoms with Crippen molar-refractivity contribution in [3.05, 3.63) is 35.6 Å². The molecule has 6 nitrogen and oxygen atoms in total. The number of hydrogen-bond donors (Lipinski definition) is 0. The Morgan fingerprint density at radius 3 is 2.67 bits per heavy atom. The standard InChI is InChI=1S/C20H26FN3O3/c21-17-4-2-16(3-5-17)12-22-8-1-6-20(14-22)7-9-24(15-20)18(25)13-23-10-11-27-19(23)26/h2-5H,1,6-15H2/t20-/m1/s1. The van der Waals surface area contributed by atoms with Crippen molar-refractivity contribution in [2.24, 2.45) is 5.41 Å². The van der Waals surface area contributed by atoms with Crippen LogP contribution in [0.2, 0.25) is 0 Å². The number of hydrogen-bond acceptors (Lipinski definition) is 4. The van der Waals surface area contributed by atoms with Crippen LogP contribution in [0.15, 0.2) is 24.3 Å². The maximum atomic E-state index is 13.1. The highest BCUT2D eigenvalue weighted by atomic mass is 19.1. The zero-order chi connectivity index (χ0) is 18.9. The first kappa shape index (κ1) is 18.2. The van der Waals surface area contributed by atoms with Crippen LogP contribution in [0.4, 0.5) is 9.18 Å². The number of carbonyl (C=O) groups is 2. The van der Waals surface area contributed by atoms with E-state index in [4.69, 9.17) is 4.74 Å². The van der Waals surface area contributed by atoms with Crippen molar-refractivity contribution in [2.75, 3.05) is 45.9 Å². The molecule has 27 heavy (non-hydrogen) atoms. The maximum Gasteiger partial charge on any atom is 0.410 e. The van der Waals surface area contributed by atoms with Crippen LogP contribution in [0.1, 0.15) is 24.8 Å². The van der Waals surface area contributed by atoms with Crippen molar-refractivity contribution in [1.29, 1.82) is 0 Å². The zero-order valence-electron chi connectivity index (χ0n) is 15.5. The lowest BCUT2D eigenvalue weighted by Crippen LogP contribution is -2.46. The minimum absolute atomic E-state index is 0.0152. The summed E-state index contributed by atoms with van der Waals surface area (Å²) in [5.74, 6) is -0.193. The summed E-state index contributed by atoms with van der Waals surface area (Å²) in [4.78, 5) is 30.0. The van der Waals surface area contributed by atoms with Gasteiger partial charge in [0.25, 0.3) is 0 Å². The third-order valence-corrected chi connectivity index (χ3v) is 6.02. The lowest BCUT2D eigenvalue weighted by molar-refractivity contribution is -0.131. The Balaban J connectivity index is 1.34. The van der Waals surface area contributed by atoms with Crippen LogP contribution in [-0.4, -0.2) is 72.6 Å². The van der Waals surface area contributed by atoms with Gasteiger partial charge in [-0.1, -0.05) is 12.1 Å². The summed E-state index contributed by atoms with van der Waals surface area (Å²) in [6, 6.07) is 6.70. The molecule has 2 amide bonds. The zero-order valence-corrected chi connectivity index (χ0v) is 15.5. The van der Waals surface area contributed by atoms with Crippen molar-refractivity contribution in [1.82, 2.24) is 14.7 Å². The van der Waals surface area contributed by atoms with Crippen molar-refractivity contribution in [3.63, 3.8) is 0 Å². The Labute approximate surface area is 158 Å². The second-order valence-electron chi connectivity index (χ2n) is 8.04. The van der Waals surface area contributed by atoms with Crippen molar-refractivity contribution >= 4 is 12.0 Å². The SMILES string of the molecule is O=C(CN1CCOC1=O)N1CC[C@@]2(CCCN(Cc3ccc(F)cc3)C2)C1. The fourth-order valence-electron chi connectivity index (χ4n) is 4.61. The molecule has 0 radical (unpaired) electrons. The van der Waals surface area contributed by atoms with E-state index in [1.54, 1.807) is 0 Å². The second-order valence-corrected chi connectivity index (χ2v) is 8.04. The molecule has 146 valence electrons. The number of amides is 2. The van der Waals surface area contributed by atoms with Crippen molar-refractivity contribution < 1.29 is 18.7 Å². The minimum atomic E-state index is -0.389. The van der Waals surface area contributed by atoms with E-state index >= 15 is 0 Å². The summed E-state index contributed by atoms with van der Waals surface area (Å²) >= 11 is 0. The number of halogens is 1. The number of piperidine rings is 1. The first-order chi connectivity index (χ1) is 13.0.